The number of ether oxygens (including phenoxy) is 4. The summed E-state index contributed by atoms with van der Waals surface area (Å²) in [5.41, 5.74) is -1.50. The molecular weight excluding hydrogens is 248 g/mol. The summed E-state index contributed by atoms with van der Waals surface area (Å²) in [5.74, 6) is -2.01. The molecule has 0 aromatic carbocycles. The maximum atomic E-state index is 11.0. The van der Waals surface area contributed by atoms with E-state index in [4.69, 9.17) is 4.74 Å². The van der Waals surface area contributed by atoms with Gasteiger partial charge < -0.3 is 29.2 Å². The van der Waals surface area contributed by atoms with E-state index in [0.29, 0.717) is 0 Å². The van der Waals surface area contributed by atoms with Crippen molar-refractivity contribution in [3.05, 3.63) is 12.2 Å². The monoisotopic (exact) mass is 262 g/mol. The number of carbonyl (C=O) groups is 2. The number of hydrogen-bond acceptors (Lipinski definition) is 8. The number of carbonyl (C=O) groups excluding carboxylic acids is 2. The second-order valence-electron chi connectivity index (χ2n) is 3.69. The van der Waals surface area contributed by atoms with E-state index in [0.717, 1.165) is 20.3 Å². The standard InChI is InChI=1S/C10H14O8/c1-15-7(12)17-9(6-11)3-4-10(14,5-9)18-8(13)16-2/h3-4,11,14H,5-6H2,1-2H3/t9-,10+/m0/s1. The third-order valence-corrected chi connectivity index (χ3v) is 2.35. The van der Waals surface area contributed by atoms with Gasteiger partial charge in [-0.25, -0.2) is 9.59 Å². The lowest BCUT2D eigenvalue weighted by atomic mass is 10.0. The van der Waals surface area contributed by atoms with E-state index < -0.39 is 30.3 Å². The summed E-state index contributed by atoms with van der Waals surface area (Å²) < 4.78 is 17.9. The van der Waals surface area contributed by atoms with Crippen molar-refractivity contribution in [2.75, 3.05) is 20.8 Å². The lowest BCUT2D eigenvalue weighted by molar-refractivity contribution is -0.163. The molecule has 102 valence electrons. The van der Waals surface area contributed by atoms with E-state index in [9.17, 15) is 19.8 Å². The minimum absolute atomic E-state index is 0.360. The van der Waals surface area contributed by atoms with Gasteiger partial charge in [-0.1, -0.05) is 0 Å². The number of aliphatic hydroxyl groups excluding tert-OH is 1. The second kappa shape index (κ2) is 5.23. The zero-order chi connectivity index (χ0) is 13.8. The Morgan fingerprint density at radius 3 is 2.22 bits per heavy atom. The van der Waals surface area contributed by atoms with E-state index in [-0.39, 0.29) is 6.42 Å². The number of aliphatic hydroxyl groups is 2. The molecule has 2 atom stereocenters. The Morgan fingerprint density at radius 2 is 1.72 bits per heavy atom. The molecule has 0 saturated heterocycles. The van der Waals surface area contributed by atoms with Crippen molar-refractivity contribution in [2.45, 2.75) is 17.8 Å². The Balaban J connectivity index is 2.75. The minimum atomic E-state index is -2.01. The highest BCUT2D eigenvalue weighted by Gasteiger charge is 2.48. The molecule has 0 bridgehead atoms. The number of methoxy groups -OCH3 is 2. The summed E-state index contributed by atoms with van der Waals surface area (Å²) in [6.45, 7) is -0.606. The van der Waals surface area contributed by atoms with E-state index >= 15 is 0 Å². The van der Waals surface area contributed by atoms with Crippen LogP contribution < -0.4 is 0 Å². The molecule has 0 radical (unpaired) electrons. The molecule has 0 spiro atoms. The molecule has 0 aromatic rings. The zero-order valence-corrected chi connectivity index (χ0v) is 9.91. The van der Waals surface area contributed by atoms with E-state index in [1.54, 1.807) is 0 Å². The largest absolute Gasteiger partial charge is 0.510 e. The van der Waals surface area contributed by atoms with Gasteiger partial charge >= 0.3 is 12.3 Å². The summed E-state index contributed by atoms with van der Waals surface area (Å²) in [6.07, 6.45) is -0.193. The maximum Gasteiger partial charge on any atom is 0.510 e. The predicted octanol–water partition coefficient (Wildman–Crippen LogP) is -0.0680. The van der Waals surface area contributed by atoms with Crippen LogP contribution in [0, 0.1) is 0 Å². The van der Waals surface area contributed by atoms with E-state index in [1.807, 2.05) is 0 Å². The van der Waals surface area contributed by atoms with Gasteiger partial charge in [-0.15, -0.1) is 0 Å². The summed E-state index contributed by atoms with van der Waals surface area (Å²) >= 11 is 0. The second-order valence-corrected chi connectivity index (χ2v) is 3.69. The van der Waals surface area contributed by atoms with Crippen LogP contribution in [0.2, 0.25) is 0 Å². The SMILES string of the molecule is COC(=O)O[C@@]1(CO)C=C[C@@](O)(OC(=O)OC)C1. The van der Waals surface area contributed by atoms with Crippen molar-refractivity contribution < 1.29 is 38.7 Å². The highest BCUT2D eigenvalue weighted by Crippen LogP contribution is 2.35. The predicted molar refractivity (Wildman–Crippen MR) is 55.5 cm³/mol. The topological polar surface area (TPSA) is 112 Å². The first-order valence-electron chi connectivity index (χ1n) is 4.96. The van der Waals surface area contributed by atoms with Gasteiger partial charge in [0.15, 0.2) is 5.60 Å². The molecule has 1 rings (SSSR count). The Bertz CT molecular complexity index is 365. The first-order valence-corrected chi connectivity index (χ1v) is 4.96. The molecule has 0 heterocycles. The third-order valence-electron chi connectivity index (χ3n) is 2.35. The molecule has 18 heavy (non-hydrogen) atoms. The van der Waals surface area contributed by atoms with Crippen molar-refractivity contribution >= 4 is 12.3 Å². The average molecular weight is 262 g/mol. The van der Waals surface area contributed by atoms with Gasteiger partial charge in [0.05, 0.1) is 27.2 Å². The molecule has 0 unspecified atom stereocenters. The molecule has 1 aliphatic rings. The van der Waals surface area contributed by atoms with Crippen molar-refractivity contribution in [1.29, 1.82) is 0 Å². The van der Waals surface area contributed by atoms with Crippen molar-refractivity contribution in [1.82, 2.24) is 0 Å². The minimum Gasteiger partial charge on any atom is -0.438 e. The lowest BCUT2D eigenvalue weighted by Gasteiger charge is -2.28. The molecule has 0 aromatic heterocycles. The number of hydrogen-bond donors (Lipinski definition) is 2. The normalized spacial score (nSPS) is 29.8. The summed E-state index contributed by atoms with van der Waals surface area (Å²) in [4.78, 5) is 21.9. The fraction of sp³-hybridized carbons (Fsp3) is 0.600. The first kappa shape index (κ1) is 14.3. The van der Waals surface area contributed by atoms with Gasteiger partial charge in [0, 0.05) is 0 Å². The van der Waals surface area contributed by atoms with Crippen LogP contribution >= 0.6 is 0 Å². The van der Waals surface area contributed by atoms with Gasteiger partial charge in [-0.2, -0.15) is 0 Å². The van der Waals surface area contributed by atoms with Crippen molar-refractivity contribution in [3.63, 3.8) is 0 Å². The Hall–Kier alpha value is -1.80. The van der Waals surface area contributed by atoms with Crippen LogP contribution in [-0.4, -0.2) is 54.7 Å². The molecule has 0 aliphatic heterocycles. The summed E-state index contributed by atoms with van der Waals surface area (Å²) in [7, 11) is 2.18. The van der Waals surface area contributed by atoms with Crippen LogP contribution in [0.1, 0.15) is 6.42 Å². The summed E-state index contributed by atoms with van der Waals surface area (Å²) in [6, 6.07) is 0. The highest BCUT2D eigenvalue weighted by molar-refractivity contribution is 5.62. The van der Waals surface area contributed by atoms with Crippen LogP contribution in [0.25, 0.3) is 0 Å². The molecule has 1 aliphatic carbocycles. The van der Waals surface area contributed by atoms with Gasteiger partial charge in [0.1, 0.15) is 0 Å². The quantitative estimate of drug-likeness (QED) is 0.413. The van der Waals surface area contributed by atoms with Crippen LogP contribution in [0.4, 0.5) is 9.59 Å². The van der Waals surface area contributed by atoms with Gasteiger partial charge in [-0.3, -0.25) is 0 Å². The average Bonchev–Trinajstić information content (AvgIpc) is 2.67. The Morgan fingerprint density at radius 1 is 1.17 bits per heavy atom. The lowest BCUT2D eigenvalue weighted by Crippen LogP contribution is -2.42. The molecular formula is C10H14O8. The summed E-state index contributed by atoms with van der Waals surface area (Å²) in [5, 5.41) is 19.1. The zero-order valence-electron chi connectivity index (χ0n) is 9.91. The highest BCUT2D eigenvalue weighted by atomic mass is 16.8. The molecule has 0 fully saturated rings. The molecule has 0 saturated carbocycles. The van der Waals surface area contributed by atoms with Crippen molar-refractivity contribution in [3.8, 4) is 0 Å². The first-order chi connectivity index (χ1) is 8.38. The van der Waals surface area contributed by atoms with Gasteiger partial charge in [0.25, 0.3) is 0 Å². The van der Waals surface area contributed by atoms with Crippen LogP contribution in [0.3, 0.4) is 0 Å². The Labute approximate surface area is 103 Å². The van der Waals surface area contributed by atoms with Crippen molar-refractivity contribution in [2.24, 2.45) is 0 Å². The number of rotatable bonds is 3. The van der Waals surface area contributed by atoms with Crippen LogP contribution in [0.15, 0.2) is 12.2 Å². The Kier molecular flexibility index (Phi) is 4.15. The maximum absolute atomic E-state index is 11.0. The van der Waals surface area contributed by atoms with Gasteiger partial charge in [0.2, 0.25) is 5.79 Å². The third kappa shape index (κ3) is 3.11. The molecule has 2 N–H and O–H groups in total. The smallest absolute Gasteiger partial charge is 0.438 e. The van der Waals surface area contributed by atoms with E-state index in [2.05, 4.69) is 14.2 Å². The van der Waals surface area contributed by atoms with Crippen LogP contribution in [-0.2, 0) is 18.9 Å². The molecule has 8 heteroatoms. The molecule has 0 amide bonds. The molecule has 8 nitrogen and oxygen atoms in total. The fourth-order valence-corrected chi connectivity index (χ4v) is 1.50. The van der Waals surface area contributed by atoms with E-state index in [1.165, 1.54) is 6.08 Å². The van der Waals surface area contributed by atoms with Gasteiger partial charge in [-0.05, 0) is 12.2 Å². The van der Waals surface area contributed by atoms with Crippen LogP contribution in [0.5, 0.6) is 0 Å². The fourth-order valence-electron chi connectivity index (χ4n) is 1.50.